The molecule has 0 saturated carbocycles. The first-order valence-electron chi connectivity index (χ1n) is 8.55. The Morgan fingerprint density at radius 1 is 1.19 bits per heavy atom. The van der Waals surface area contributed by atoms with E-state index in [0.29, 0.717) is 43.1 Å². The minimum absolute atomic E-state index is 0.0203. The molecular weight excluding hydrogens is 328 g/mol. The molecule has 1 aliphatic heterocycles. The molecule has 1 aliphatic rings. The first-order chi connectivity index (χ1) is 12.7. The number of rotatable bonds is 2. The summed E-state index contributed by atoms with van der Waals surface area (Å²) in [6.45, 7) is 4.41. The molecule has 3 heterocycles. The zero-order valence-corrected chi connectivity index (χ0v) is 14.5. The van der Waals surface area contributed by atoms with Crippen LogP contribution in [-0.2, 0) is 0 Å². The summed E-state index contributed by atoms with van der Waals surface area (Å²) in [5.41, 5.74) is 2.03. The highest BCUT2D eigenvalue weighted by molar-refractivity contribution is 5.98. The van der Waals surface area contributed by atoms with Crippen LogP contribution >= 0.6 is 0 Å². The molecule has 1 amide bonds. The van der Waals surface area contributed by atoms with Gasteiger partial charge in [0.2, 0.25) is 0 Å². The number of nitriles is 1. The number of benzene rings is 1. The molecule has 0 radical (unpaired) electrons. The van der Waals surface area contributed by atoms with Crippen LogP contribution in [0.2, 0.25) is 0 Å². The minimum Gasteiger partial charge on any atom is -0.461 e. The summed E-state index contributed by atoms with van der Waals surface area (Å²) >= 11 is 0. The van der Waals surface area contributed by atoms with Crippen LogP contribution in [0.4, 0.5) is 5.82 Å². The quantitative estimate of drug-likeness (QED) is 0.713. The molecule has 0 N–H and O–H groups in total. The Morgan fingerprint density at radius 2 is 2.00 bits per heavy atom. The molecule has 130 valence electrons. The molecule has 0 unspecified atom stereocenters. The van der Waals surface area contributed by atoms with Crippen molar-refractivity contribution >= 4 is 22.7 Å². The topological polar surface area (TPSA) is 73.4 Å². The van der Waals surface area contributed by atoms with E-state index < -0.39 is 0 Å². The van der Waals surface area contributed by atoms with Crippen molar-refractivity contribution in [3.05, 3.63) is 59.5 Å². The molecule has 26 heavy (non-hydrogen) atoms. The maximum absolute atomic E-state index is 12.8. The number of carbonyl (C=O) groups is 1. The Hall–Kier alpha value is -3.33. The zero-order valence-electron chi connectivity index (χ0n) is 14.5. The summed E-state index contributed by atoms with van der Waals surface area (Å²) in [4.78, 5) is 21.1. The lowest BCUT2D eigenvalue weighted by atomic mass is 10.1. The first kappa shape index (κ1) is 16.2. The van der Waals surface area contributed by atoms with Gasteiger partial charge in [0.25, 0.3) is 5.91 Å². The van der Waals surface area contributed by atoms with E-state index >= 15 is 0 Å². The third-order valence-corrected chi connectivity index (χ3v) is 4.66. The first-order valence-corrected chi connectivity index (χ1v) is 8.55. The van der Waals surface area contributed by atoms with Crippen LogP contribution in [0.3, 0.4) is 0 Å². The van der Waals surface area contributed by atoms with E-state index in [-0.39, 0.29) is 5.91 Å². The molecule has 4 rings (SSSR count). The van der Waals surface area contributed by atoms with Gasteiger partial charge in [-0.1, -0.05) is 0 Å². The molecule has 6 nitrogen and oxygen atoms in total. The summed E-state index contributed by atoms with van der Waals surface area (Å²) in [6.07, 6.45) is 1.69. The number of hydrogen-bond acceptors (Lipinski definition) is 5. The van der Waals surface area contributed by atoms with E-state index in [4.69, 9.17) is 4.42 Å². The number of furan rings is 1. The number of fused-ring (bicyclic) bond motifs is 1. The van der Waals surface area contributed by atoms with Crippen LogP contribution in [0.1, 0.15) is 21.7 Å². The zero-order chi connectivity index (χ0) is 18.1. The molecule has 6 heteroatoms. The fourth-order valence-corrected chi connectivity index (χ4v) is 3.35. The number of amides is 1. The molecule has 0 bridgehead atoms. The van der Waals surface area contributed by atoms with Crippen molar-refractivity contribution in [1.82, 2.24) is 9.88 Å². The van der Waals surface area contributed by atoms with E-state index in [9.17, 15) is 10.1 Å². The lowest BCUT2D eigenvalue weighted by Gasteiger charge is -2.35. The van der Waals surface area contributed by atoms with Gasteiger partial charge in [-0.3, -0.25) is 4.79 Å². The molecule has 1 saturated heterocycles. The average Bonchev–Trinajstić information content (AvgIpc) is 3.06. The van der Waals surface area contributed by atoms with E-state index in [1.54, 1.807) is 18.3 Å². The van der Waals surface area contributed by atoms with Crippen molar-refractivity contribution in [3.8, 4) is 6.07 Å². The van der Waals surface area contributed by atoms with Crippen molar-refractivity contribution in [2.75, 3.05) is 31.1 Å². The fraction of sp³-hybridized carbons (Fsp3) is 0.250. The van der Waals surface area contributed by atoms with Crippen LogP contribution in [-0.4, -0.2) is 42.0 Å². The number of anilines is 1. The molecule has 0 aliphatic carbocycles. The Balaban J connectivity index is 1.48. The number of aromatic nitrogens is 1. The molecule has 2 aromatic heterocycles. The summed E-state index contributed by atoms with van der Waals surface area (Å²) in [5, 5.41) is 10.2. The molecule has 1 aromatic carbocycles. The van der Waals surface area contributed by atoms with Gasteiger partial charge in [-0.15, -0.1) is 0 Å². The highest BCUT2D eigenvalue weighted by Gasteiger charge is 2.24. The Kier molecular flexibility index (Phi) is 4.05. The lowest BCUT2D eigenvalue weighted by molar-refractivity contribution is 0.0746. The SMILES string of the molecule is Cc1cc2cc(C(=O)N3CCN(c4ncccc4C#N)CC3)ccc2o1. The third-order valence-electron chi connectivity index (χ3n) is 4.66. The van der Waals surface area contributed by atoms with Crippen molar-refractivity contribution in [3.63, 3.8) is 0 Å². The highest BCUT2D eigenvalue weighted by atomic mass is 16.3. The second kappa shape index (κ2) is 6.52. The summed E-state index contributed by atoms with van der Waals surface area (Å²) in [5.74, 6) is 1.55. The fourth-order valence-electron chi connectivity index (χ4n) is 3.35. The van der Waals surface area contributed by atoms with Gasteiger partial charge in [-0.2, -0.15) is 5.26 Å². The van der Waals surface area contributed by atoms with Gasteiger partial charge in [0.15, 0.2) is 0 Å². The third kappa shape index (κ3) is 2.88. The van der Waals surface area contributed by atoms with Gasteiger partial charge in [0, 0.05) is 43.3 Å². The molecular formula is C20H18N4O2. The largest absolute Gasteiger partial charge is 0.461 e. The van der Waals surface area contributed by atoms with Gasteiger partial charge in [-0.05, 0) is 43.3 Å². The number of nitrogens with zero attached hydrogens (tertiary/aromatic N) is 4. The number of aryl methyl sites for hydroxylation is 1. The van der Waals surface area contributed by atoms with E-state index in [1.807, 2.05) is 36.1 Å². The number of pyridine rings is 1. The number of carbonyl (C=O) groups excluding carboxylic acids is 1. The smallest absolute Gasteiger partial charge is 0.254 e. The minimum atomic E-state index is 0.0203. The predicted molar refractivity (Wildman–Crippen MR) is 98.0 cm³/mol. The van der Waals surface area contributed by atoms with Crippen molar-refractivity contribution in [2.24, 2.45) is 0 Å². The van der Waals surface area contributed by atoms with Gasteiger partial charge >= 0.3 is 0 Å². The van der Waals surface area contributed by atoms with Crippen molar-refractivity contribution < 1.29 is 9.21 Å². The maximum atomic E-state index is 12.8. The summed E-state index contributed by atoms with van der Waals surface area (Å²) in [6, 6.07) is 13.2. The van der Waals surface area contributed by atoms with Crippen LogP contribution in [0, 0.1) is 18.3 Å². The second-order valence-corrected chi connectivity index (χ2v) is 6.38. The molecule has 3 aromatic rings. The average molecular weight is 346 g/mol. The van der Waals surface area contributed by atoms with E-state index in [0.717, 1.165) is 16.7 Å². The Morgan fingerprint density at radius 3 is 2.77 bits per heavy atom. The molecule has 0 spiro atoms. The standard InChI is InChI=1S/C20H18N4O2/c1-14-11-17-12-15(4-5-18(17)26-14)20(25)24-9-7-23(8-10-24)19-16(13-21)3-2-6-22-19/h2-6,11-12H,7-10H2,1H3. The van der Waals surface area contributed by atoms with E-state index in [2.05, 4.69) is 16.0 Å². The summed E-state index contributed by atoms with van der Waals surface area (Å²) < 4.78 is 5.57. The van der Waals surface area contributed by atoms with Gasteiger partial charge in [-0.25, -0.2) is 4.98 Å². The molecule has 1 fully saturated rings. The van der Waals surface area contributed by atoms with Crippen LogP contribution < -0.4 is 4.90 Å². The van der Waals surface area contributed by atoms with Gasteiger partial charge in [0.1, 0.15) is 23.2 Å². The predicted octanol–water partition coefficient (Wildman–Crippen LogP) is 2.97. The normalized spacial score (nSPS) is 14.5. The van der Waals surface area contributed by atoms with Crippen LogP contribution in [0.15, 0.2) is 47.0 Å². The lowest BCUT2D eigenvalue weighted by Crippen LogP contribution is -2.49. The molecule has 0 atom stereocenters. The van der Waals surface area contributed by atoms with Crippen LogP contribution in [0.5, 0.6) is 0 Å². The number of hydrogen-bond donors (Lipinski definition) is 0. The van der Waals surface area contributed by atoms with Gasteiger partial charge < -0.3 is 14.2 Å². The number of piperazine rings is 1. The summed E-state index contributed by atoms with van der Waals surface area (Å²) in [7, 11) is 0. The van der Waals surface area contributed by atoms with E-state index in [1.165, 1.54) is 0 Å². The van der Waals surface area contributed by atoms with Gasteiger partial charge in [0.05, 0.1) is 5.56 Å². The van der Waals surface area contributed by atoms with Crippen molar-refractivity contribution in [2.45, 2.75) is 6.92 Å². The Bertz CT molecular complexity index is 1010. The van der Waals surface area contributed by atoms with Crippen molar-refractivity contribution in [1.29, 1.82) is 5.26 Å². The monoisotopic (exact) mass is 346 g/mol. The maximum Gasteiger partial charge on any atom is 0.254 e. The second-order valence-electron chi connectivity index (χ2n) is 6.38. The Labute approximate surface area is 151 Å². The highest BCUT2D eigenvalue weighted by Crippen LogP contribution is 2.22. The van der Waals surface area contributed by atoms with Crippen LogP contribution in [0.25, 0.3) is 11.0 Å².